The van der Waals surface area contributed by atoms with Gasteiger partial charge in [-0.2, -0.15) is 0 Å². The molecule has 0 radical (unpaired) electrons. The second-order valence-corrected chi connectivity index (χ2v) is 7.27. The van der Waals surface area contributed by atoms with Gasteiger partial charge in [-0.05, 0) is 38.2 Å². The van der Waals surface area contributed by atoms with E-state index in [0.29, 0.717) is 23.7 Å². The standard InChI is InChI=1S/C17H26N6O2S/c1-13(2)18-15(24)11-21-6-8-22(9-7-21)12-23-17(26)20(3)16(19-23)14-5-4-10-25-14/h4-5,10,13H,6-9,11-12H2,1-3H3,(H,18,24). The third kappa shape index (κ3) is 4.40. The zero-order valence-electron chi connectivity index (χ0n) is 15.5. The zero-order valence-corrected chi connectivity index (χ0v) is 16.3. The Bertz CT molecular complexity index is 787. The first-order valence-corrected chi connectivity index (χ1v) is 9.26. The summed E-state index contributed by atoms with van der Waals surface area (Å²) in [6.07, 6.45) is 1.63. The molecular formula is C17H26N6O2S. The SMILES string of the molecule is CC(C)NC(=O)CN1CCN(Cn2nc(-c3ccco3)n(C)c2=S)CC1. The van der Waals surface area contributed by atoms with Crippen molar-refractivity contribution in [3.05, 3.63) is 23.2 Å². The van der Waals surface area contributed by atoms with E-state index in [0.717, 1.165) is 32.0 Å². The molecule has 1 aliphatic rings. The van der Waals surface area contributed by atoms with Crippen molar-refractivity contribution in [2.45, 2.75) is 26.6 Å². The summed E-state index contributed by atoms with van der Waals surface area (Å²) in [5.41, 5.74) is 0. The van der Waals surface area contributed by atoms with Crippen molar-refractivity contribution in [3.63, 3.8) is 0 Å². The summed E-state index contributed by atoms with van der Waals surface area (Å²) in [5.74, 6) is 1.52. The molecule has 9 heteroatoms. The Balaban J connectivity index is 1.56. The summed E-state index contributed by atoms with van der Waals surface area (Å²) in [6, 6.07) is 3.90. The Kier molecular flexibility index (Phi) is 5.90. The van der Waals surface area contributed by atoms with Crippen LogP contribution in [0, 0.1) is 4.77 Å². The summed E-state index contributed by atoms with van der Waals surface area (Å²) in [7, 11) is 1.90. The summed E-state index contributed by atoms with van der Waals surface area (Å²) in [4.78, 5) is 16.4. The minimum absolute atomic E-state index is 0.0866. The van der Waals surface area contributed by atoms with Gasteiger partial charge in [0.15, 0.2) is 16.4 Å². The summed E-state index contributed by atoms with van der Waals surface area (Å²) >= 11 is 5.51. The molecule has 3 heterocycles. The number of amides is 1. The van der Waals surface area contributed by atoms with E-state index in [2.05, 4.69) is 20.2 Å². The van der Waals surface area contributed by atoms with Crippen LogP contribution in [-0.4, -0.2) is 68.8 Å². The minimum Gasteiger partial charge on any atom is -0.461 e. The van der Waals surface area contributed by atoms with Crippen LogP contribution in [0.15, 0.2) is 22.8 Å². The number of nitrogens with one attached hydrogen (secondary N) is 1. The van der Waals surface area contributed by atoms with Gasteiger partial charge in [-0.3, -0.25) is 14.6 Å². The Morgan fingerprint density at radius 1 is 1.31 bits per heavy atom. The van der Waals surface area contributed by atoms with Gasteiger partial charge >= 0.3 is 0 Å². The molecular weight excluding hydrogens is 352 g/mol. The maximum Gasteiger partial charge on any atom is 0.234 e. The summed E-state index contributed by atoms with van der Waals surface area (Å²) < 4.78 is 9.79. The number of aromatic nitrogens is 3. The lowest BCUT2D eigenvalue weighted by atomic mass is 10.3. The number of piperazine rings is 1. The number of carbonyl (C=O) groups is 1. The Labute approximate surface area is 158 Å². The van der Waals surface area contributed by atoms with Crippen molar-refractivity contribution in [2.24, 2.45) is 7.05 Å². The molecule has 1 saturated heterocycles. The van der Waals surface area contributed by atoms with Crippen LogP contribution in [0.25, 0.3) is 11.6 Å². The van der Waals surface area contributed by atoms with Crippen molar-refractivity contribution in [1.29, 1.82) is 0 Å². The molecule has 1 amide bonds. The number of furan rings is 1. The molecule has 0 bridgehead atoms. The van der Waals surface area contributed by atoms with Gasteiger partial charge in [0.1, 0.15) is 0 Å². The molecule has 2 aromatic heterocycles. The van der Waals surface area contributed by atoms with E-state index < -0.39 is 0 Å². The van der Waals surface area contributed by atoms with Crippen molar-refractivity contribution in [3.8, 4) is 11.6 Å². The van der Waals surface area contributed by atoms with E-state index in [1.807, 2.05) is 42.3 Å². The zero-order chi connectivity index (χ0) is 18.7. The van der Waals surface area contributed by atoms with Crippen molar-refractivity contribution >= 4 is 18.1 Å². The first-order valence-electron chi connectivity index (χ1n) is 8.86. The van der Waals surface area contributed by atoms with E-state index in [9.17, 15) is 4.79 Å². The van der Waals surface area contributed by atoms with E-state index in [-0.39, 0.29) is 11.9 Å². The molecule has 1 N–H and O–H groups in total. The highest BCUT2D eigenvalue weighted by atomic mass is 32.1. The van der Waals surface area contributed by atoms with Gasteiger partial charge < -0.3 is 14.3 Å². The smallest absolute Gasteiger partial charge is 0.234 e. The quantitative estimate of drug-likeness (QED) is 0.765. The topological polar surface area (TPSA) is 71.5 Å². The van der Waals surface area contributed by atoms with Crippen LogP contribution in [-0.2, 0) is 18.5 Å². The highest BCUT2D eigenvalue weighted by molar-refractivity contribution is 7.71. The summed E-state index contributed by atoms with van der Waals surface area (Å²) in [6.45, 7) is 8.52. The van der Waals surface area contributed by atoms with Crippen LogP contribution in [0.1, 0.15) is 13.8 Å². The molecule has 3 rings (SSSR count). The Morgan fingerprint density at radius 2 is 2.00 bits per heavy atom. The second-order valence-electron chi connectivity index (χ2n) is 6.90. The highest BCUT2D eigenvalue weighted by Gasteiger charge is 2.21. The average Bonchev–Trinajstić information content (AvgIpc) is 3.20. The maximum absolute atomic E-state index is 11.9. The highest BCUT2D eigenvalue weighted by Crippen LogP contribution is 2.18. The number of nitrogens with zero attached hydrogens (tertiary/aromatic N) is 5. The van der Waals surface area contributed by atoms with Gasteiger partial charge in [0.2, 0.25) is 5.91 Å². The molecule has 8 nitrogen and oxygen atoms in total. The Hall–Kier alpha value is -1.97. The largest absolute Gasteiger partial charge is 0.461 e. The van der Waals surface area contributed by atoms with Crippen LogP contribution in [0.4, 0.5) is 0 Å². The van der Waals surface area contributed by atoms with Gasteiger partial charge in [-0.15, -0.1) is 5.10 Å². The van der Waals surface area contributed by atoms with Gasteiger partial charge in [-0.1, -0.05) is 0 Å². The fourth-order valence-corrected chi connectivity index (χ4v) is 3.23. The van der Waals surface area contributed by atoms with Gasteiger partial charge in [0.25, 0.3) is 0 Å². The van der Waals surface area contributed by atoms with Crippen LogP contribution in [0.2, 0.25) is 0 Å². The third-order valence-corrected chi connectivity index (χ3v) is 4.88. The lowest BCUT2D eigenvalue weighted by Gasteiger charge is -2.34. The summed E-state index contributed by atoms with van der Waals surface area (Å²) in [5, 5.41) is 7.55. The van der Waals surface area contributed by atoms with Gasteiger partial charge in [0, 0.05) is 39.3 Å². The number of rotatable bonds is 6. The van der Waals surface area contributed by atoms with Crippen LogP contribution >= 0.6 is 12.2 Å². The lowest BCUT2D eigenvalue weighted by Crippen LogP contribution is -2.50. The van der Waals surface area contributed by atoms with E-state index in [1.165, 1.54) is 0 Å². The second kappa shape index (κ2) is 8.15. The number of carbonyl (C=O) groups excluding carboxylic acids is 1. The predicted molar refractivity (Wildman–Crippen MR) is 101 cm³/mol. The first-order chi connectivity index (χ1) is 12.4. The van der Waals surface area contributed by atoms with Crippen LogP contribution in [0.3, 0.4) is 0 Å². The molecule has 0 spiro atoms. The lowest BCUT2D eigenvalue weighted by molar-refractivity contribution is -0.123. The molecule has 0 saturated carbocycles. The molecule has 1 aliphatic heterocycles. The molecule has 0 aliphatic carbocycles. The van der Waals surface area contributed by atoms with Crippen molar-refractivity contribution < 1.29 is 9.21 Å². The fraction of sp³-hybridized carbons (Fsp3) is 0.588. The number of hydrogen-bond donors (Lipinski definition) is 1. The van der Waals surface area contributed by atoms with E-state index >= 15 is 0 Å². The first kappa shape index (κ1) is 18.8. The third-order valence-electron chi connectivity index (χ3n) is 4.40. The molecule has 0 atom stereocenters. The molecule has 2 aromatic rings. The fourth-order valence-electron chi connectivity index (χ4n) is 3.05. The van der Waals surface area contributed by atoms with Crippen LogP contribution < -0.4 is 5.32 Å². The molecule has 0 unspecified atom stereocenters. The van der Waals surface area contributed by atoms with E-state index in [1.54, 1.807) is 6.26 Å². The normalized spacial score (nSPS) is 16.3. The molecule has 26 heavy (non-hydrogen) atoms. The number of hydrogen-bond acceptors (Lipinski definition) is 6. The average molecular weight is 379 g/mol. The van der Waals surface area contributed by atoms with Crippen molar-refractivity contribution in [2.75, 3.05) is 32.7 Å². The minimum atomic E-state index is 0.0866. The predicted octanol–water partition coefficient (Wildman–Crippen LogP) is 1.31. The molecule has 0 aromatic carbocycles. The van der Waals surface area contributed by atoms with Gasteiger partial charge in [-0.25, -0.2) is 4.68 Å². The molecule has 1 fully saturated rings. The Morgan fingerprint density at radius 3 is 2.62 bits per heavy atom. The monoisotopic (exact) mass is 378 g/mol. The van der Waals surface area contributed by atoms with Crippen LogP contribution in [0.5, 0.6) is 0 Å². The molecule has 142 valence electrons. The van der Waals surface area contributed by atoms with Gasteiger partial charge in [0.05, 0.1) is 19.5 Å². The van der Waals surface area contributed by atoms with E-state index in [4.69, 9.17) is 16.6 Å². The maximum atomic E-state index is 11.9. The van der Waals surface area contributed by atoms with Crippen molar-refractivity contribution in [1.82, 2.24) is 29.5 Å².